The van der Waals surface area contributed by atoms with Crippen LogP contribution in [-0.2, 0) is 6.42 Å². The minimum atomic E-state index is -0.0531. The first-order valence-electron chi connectivity index (χ1n) is 7.10. The zero-order valence-electron chi connectivity index (χ0n) is 11.4. The molecule has 18 heavy (non-hydrogen) atoms. The Morgan fingerprint density at radius 3 is 2.56 bits per heavy atom. The van der Waals surface area contributed by atoms with Gasteiger partial charge in [0.2, 0.25) is 0 Å². The standard InChI is InChI=1S/C16H23ClO/c1-3-9-16(10-4-2)12-14(17)11-13-7-5-6-8-15(13)18-16/h5-8,14H,3-4,9-12H2,1-2H3. The highest BCUT2D eigenvalue weighted by molar-refractivity contribution is 6.20. The van der Waals surface area contributed by atoms with E-state index in [9.17, 15) is 0 Å². The Hall–Kier alpha value is -0.690. The van der Waals surface area contributed by atoms with Gasteiger partial charge in [0.25, 0.3) is 0 Å². The van der Waals surface area contributed by atoms with Crippen LogP contribution in [0.1, 0.15) is 51.5 Å². The van der Waals surface area contributed by atoms with Crippen LogP contribution in [0.5, 0.6) is 5.75 Å². The van der Waals surface area contributed by atoms with Gasteiger partial charge in [0.15, 0.2) is 0 Å². The molecule has 1 nitrogen and oxygen atoms in total. The predicted octanol–water partition coefficient (Wildman–Crippen LogP) is 4.96. The molecule has 0 amide bonds. The van der Waals surface area contributed by atoms with E-state index < -0.39 is 0 Å². The first-order chi connectivity index (χ1) is 8.69. The zero-order chi connectivity index (χ0) is 13.0. The lowest BCUT2D eigenvalue weighted by molar-refractivity contribution is 0.0437. The van der Waals surface area contributed by atoms with Gasteiger partial charge in [-0.15, -0.1) is 11.6 Å². The minimum Gasteiger partial charge on any atom is -0.487 e. The molecule has 1 aliphatic heterocycles. The molecule has 0 saturated heterocycles. The Balaban J connectivity index is 2.32. The molecule has 1 atom stereocenters. The molecule has 1 unspecified atom stereocenters. The summed E-state index contributed by atoms with van der Waals surface area (Å²) in [5.41, 5.74) is 1.20. The molecule has 1 aromatic carbocycles. The summed E-state index contributed by atoms with van der Waals surface area (Å²) >= 11 is 6.52. The molecule has 0 spiro atoms. The van der Waals surface area contributed by atoms with Gasteiger partial charge in [0.1, 0.15) is 11.4 Å². The van der Waals surface area contributed by atoms with E-state index in [0.29, 0.717) is 0 Å². The molecular formula is C16H23ClO. The number of fused-ring (bicyclic) bond motifs is 1. The topological polar surface area (TPSA) is 9.23 Å². The average Bonchev–Trinajstić information content (AvgIpc) is 2.45. The van der Waals surface area contributed by atoms with E-state index in [1.807, 2.05) is 0 Å². The Labute approximate surface area is 115 Å². The van der Waals surface area contributed by atoms with Crippen LogP contribution in [0.2, 0.25) is 0 Å². The molecule has 0 radical (unpaired) electrons. The molecule has 2 rings (SSSR count). The third-order valence-electron chi connectivity index (χ3n) is 3.75. The van der Waals surface area contributed by atoms with Crippen molar-refractivity contribution in [2.75, 3.05) is 0 Å². The van der Waals surface area contributed by atoms with Crippen molar-refractivity contribution in [1.82, 2.24) is 0 Å². The highest BCUT2D eigenvalue weighted by Gasteiger charge is 2.36. The van der Waals surface area contributed by atoms with E-state index >= 15 is 0 Å². The minimum absolute atomic E-state index is 0.0531. The second kappa shape index (κ2) is 5.97. The van der Waals surface area contributed by atoms with Crippen molar-refractivity contribution >= 4 is 11.6 Å². The highest BCUT2D eigenvalue weighted by Crippen LogP contribution is 2.38. The Kier molecular flexibility index (Phi) is 4.55. The fourth-order valence-corrected chi connectivity index (χ4v) is 3.55. The smallest absolute Gasteiger partial charge is 0.123 e. The van der Waals surface area contributed by atoms with Gasteiger partial charge in [-0.2, -0.15) is 0 Å². The molecule has 100 valence electrons. The van der Waals surface area contributed by atoms with Crippen LogP contribution in [0.25, 0.3) is 0 Å². The quantitative estimate of drug-likeness (QED) is 0.700. The van der Waals surface area contributed by atoms with E-state index in [2.05, 4.69) is 38.1 Å². The molecule has 0 bridgehead atoms. The normalized spacial score (nSPS) is 21.8. The second-order valence-electron chi connectivity index (χ2n) is 5.40. The molecule has 1 aliphatic rings. The summed E-state index contributed by atoms with van der Waals surface area (Å²) in [7, 11) is 0. The van der Waals surface area contributed by atoms with Crippen molar-refractivity contribution in [3.63, 3.8) is 0 Å². The number of para-hydroxylation sites is 1. The first kappa shape index (κ1) is 13.7. The van der Waals surface area contributed by atoms with Gasteiger partial charge in [-0.05, 0) is 30.9 Å². The van der Waals surface area contributed by atoms with E-state index in [4.69, 9.17) is 16.3 Å². The summed E-state index contributed by atoms with van der Waals surface area (Å²) in [4.78, 5) is 0. The lowest BCUT2D eigenvalue weighted by atomic mass is 9.87. The van der Waals surface area contributed by atoms with Crippen molar-refractivity contribution in [3.8, 4) is 5.75 Å². The summed E-state index contributed by atoms with van der Waals surface area (Å²) in [6.45, 7) is 4.45. The molecule has 0 N–H and O–H groups in total. The molecule has 0 aromatic heterocycles. The SMILES string of the molecule is CCCC1(CCC)CC(Cl)Cc2ccccc2O1. The number of benzene rings is 1. The number of hydrogen-bond acceptors (Lipinski definition) is 1. The van der Waals surface area contributed by atoms with Crippen LogP contribution >= 0.6 is 11.6 Å². The first-order valence-corrected chi connectivity index (χ1v) is 7.54. The summed E-state index contributed by atoms with van der Waals surface area (Å²) < 4.78 is 6.41. The lowest BCUT2D eigenvalue weighted by Gasteiger charge is -2.34. The van der Waals surface area contributed by atoms with E-state index in [1.54, 1.807) is 0 Å². The zero-order valence-corrected chi connectivity index (χ0v) is 12.2. The average molecular weight is 267 g/mol. The highest BCUT2D eigenvalue weighted by atomic mass is 35.5. The molecule has 0 fully saturated rings. The van der Waals surface area contributed by atoms with Crippen LogP contribution in [0.3, 0.4) is 0 Å². The molecule has 1 heterocycles. The maximum absolute atomic E-state index is 6.52. The van der Waals surface area contributed by atoms with Crippen molar-refractivity contribution in [2.45, 2.75) is 63.4 Å². The Morgan fingerprint density at radius 2 is 1.89 bits per heavy atom. The largest absolute Gasteiger partial charge is 0.487 e. The van der Waals surface area contributed by atoms with Crippen LogP contribution in [0.4, 0.5) is 0 Å². The van der Waals surface area contributed by atoms with Gasteiger partial charge < -0.3 is 4.74 Å². The summed E-state index contributed by atoms with van der Waals surface area (Å²) in [5.74, 6) is 1.04. The third kappa shape index (κ3) is 3.00. The van der Waals surface area contributed by atoms with Gasteiger partial charge in [0.05, 0.1) is 0 Å². The van der Waals surface area contributed by atoms with Crippen molar-refractivity contribution < 1.29 is 4.74 Å². The lowest BCUT2D eigenvalue weighted by Crippen LogP contribution is -2.37. The van der Waals surface area contributed by atoms with Crippen molar-refractivity contribution in [1.29, 1.82) is 0 Å². The van der Waals surface area contributed by atoms with Gasteiger partial charge in [-0.1, -0.05) is 44.9 Å². The number of rotatable bonds is 4. The Bertz CT molecular complexity index is 382. The number of halogens is 1. The maximum atomic E-state index is 6.52. The van der Waals surface area contributed by atoms with Gasteiger partial charge in [0, 0.05) is 11.8 Å². The monoisotopic (exact) mass is 266 g/mol. The molecule has 0 aliphatic carbocycles. The summed E-state index contributed by atoms with van der Waals surface area (Å²) in [6, 6.07) is 8.34. The number of hydrogen-bond donors (Lipinski definition) is 0. The summed E-state index contributed by atoms with van der Waals surface area (Å²) in [6.07, 6.45) is 6.37. The third-order valence-corrected chi connectivity index (χ3v) is 4.05. The van der Waals surface area contributed by atoms with Gasteiger partial charge >= 0.3 is 0 Å². The Morgan fingerprint density at radius 1 is 1.22 bits per heavy atom. The summed E-state index contributed by atoms with van der Waals surface area (Å²) in [5, 5.41) is 0.187. The second-order valence-corrected chi connectivity index (χ2v) is 6.02. The molecule has 0 saturated carbocycles. The van der Waals surface area contributed by atoms with Gasteiger partial charge in [-0.25, -0.2) is 0 Å². The van der Waals surface area contributed by atoms with E-state index in [1.165, 1.54) is 5.56 Å². The van der Waals surface area contributed by atoms with E-state index in [-0.39, 0.29) is 11.0 Å². The van der Waals surface area contributed by atoms with Crippen LogP contribution in [-0.4, -0.2) is 11.0 Å². The predicted molar refractivity (Wildman–Crippen MR) is 77.6 cm³/mol. The number of ether oxygens (including phenoxy) is 1. The molecule has 1 aromatic rings. The van der Waals surface area contributed by atoms with Crippen LogP contribution in [0, 0.1) is 0 Å². The van der Waals surface area contributed by atoms with Crippen molar-refractivity contribution in [2.24, 2.45) is 0 Å². The van der Waals surface area contributed by atoms with Gasteiger partial charge in [-0.3, -0.25) is 0 Å². The van der Waals surface area contributed by atoms with E-state index in [0.717, 1.165) is 44.3 Å². The van der Waals surface area contributed by atoms with Crippen LogP contribution in [0.15, 0.2) is 24.3 Å². The fourth-order valence-electron chi connectivity index (χ4n) is 3.10. The molecule has 2 heteroatoms. The number of alkyl halides is 1. The van der Waals surface area contributed by atoms with Crippen LogP contribution < -0.4 is 4.74 Å². The van der Waals surface area contributed by atoms with Crippen molar-refractivity contribution in [3.05, 3.63) is 29.8 Å². The molecular weight excluding hydrogens is 244 g/mol. The fraction of sp³-hybridized carbons (Fsp3) is 0.625. The maximum Gasteiger partial charge on any atom is 0.123 e.